The molecular formula is C20H21NO4S. The van der Waals surface area contributed by atoms with E-state index in [0.29, 0.717) is 22.7 Å². The van der Waals surface area contributed by atoms with Crippen molar-refractivity contribution in [3.05, 3.63) is 59.2 Å². The maximum absolute atomic E-state index is 12.6. The minimum absolute atomic E-state index is 0.180. The van der Waals surface area contributed by atoms with E-state index in [0.717, 1.165) is 0 Å². The molecule has 1 saturated carbocycles. The summed E-state index contributed by atoms with van der Waals surface area (Å²) in [4.78, 5) is 11.7. The molecule has 0 saturated heterocycles. The summed E-state index contributed by atoms with van der Waals surface area (Å²) in [6.07, 6.45) is 6.15. The fraction of sp³-hybridized carbons (Fsp3) is 0.350. The molecule has 1 fully saturated rings. The fourth-order valence-corrected chi connectivity index (χ4v) is 4.82. The second-order valence-corrected chi connectivity index (χ2v) is 8.64. The largest absolute Gasteiger partial charge is 0.457 e. The predicted molar refractivity (Wildman–Crippen MR) is 98.6 cm³/mol. The molecule has 0 amide bonds. The zero-order chi connectivity index (χ0) is 18.1. The molecule has 2 aliphatic rings. The molecule has 4 rings (SSSR count). The number of hydrogen-bond acceptors (Lipinski definition) is 4. The lowest BCUT2D eigenvalue weighted by Crippen LogP contribution is -2.13. The first-order valence-corrected chi connectivity index (χ1v) is 10.4. The van der Waals surface area contributed by atoms with Crippen LogP contribution in [0.1, 0.15) is 59.5 Å². The van der Waals surface area contributed by atoms with Crippen molar-refractivity contribution < 1.29 is 17.9 Å². The number of benzene rings is 2. The first kappa shape index (κ1) is 17.1. The van der Waals surface area contributed by atoms with Crippen molar-refractivity contribution in [3.63, 3.8) is 0 Å². The topological polar surface area (TPSA) is 72.5 Å². The summed E-state index contributed by atoms with van der Waals surface area (Å²) in [6.45, 7) is 0.180. The zero-order valence-electron chi connectivity index (χ0n) is 14.4. The zero-order valence-corrected chi connectivity index (χ0v) is 15.2. The molecule has 136 valence electrons. The molecule has 0 aromatic heterocycles. The fourth-order valence-electron chi connectivity index (χ4n) is 3.77. The van der Waals surface area contributed by atoms with Crippen molar-refractivity contribution in [3.8, 4) is 0 Å². The van der Waals surface area contributed by atoms with Crippen LogP contribution in [0.3, 0.4) is 0 Å². The summed E-state index contributed by atoms with van der Waals surface area (Å²) in [5.41, 5.74) is 2.84. The van der Waals surface area contributed by atoms with Crippen molar-refractivity contribution in [2.45, 2.75) is 49.5 Å². The lowest BCUT2D eigenvalue weighted by Gasteiger charge is -2.22. The van der Waals surface area contributed by atoms with Gasteiger partial charge in [0.15, 0.2) is 0 Å². The Morgan fingerprint density at radius 1 is 0.962 bits per heavy atom. The molecule has 0 bridgehead atoms. The van der Waals surface area contributed by atoms with Gasteiger partial charge in [-0.05, 0) is 54.7 Å². The molecule has 1 heterocycles. The van der Waals surface area contributed by atoms with Gasteiger partial charge in [-0.25, -0.2) is 13.2 Å². The first-order chi connectivity index (χ1) is 12.5. The van der Waals surface area contributed by atoms with Gasteiger partial charge in [-0.3, -0.25) is 4.72 Å². The number of cyclic esters (lactones) is 1. The number of nitrogens with one attached hydrogen (secondary N) is 1. The van der Waals surface area contributed by atoms with E-state index in [4.69, 9.17) is 4.74 Å². The van der Waals surface area contributed by atoms with Gasteiger partial charge in [-0.1, -0.05) is 31.4 Å². The average Bonchev–Trinajstić information content (AvgIpc) is 3.03. The summed E-state index contributed by atoms with van der Waals surface area (Å²) in [7, 11) is -3.67. The van der Waals surface area contributed by atoms with Crippen molar-refractivity contribution >= 4 is 21.7 Å². The second kappa shape index (κ2) is 6.76. The third-order valence-electron chi connectivity index (χ3n) is 5.20. The molecular weight excluding hydrogens is 350 g/mol. The molecule has 6 heteroatoms. The Morgan fingerprint density at radius 2 is 1.69 bits per heavy atom. The van der Waals surface area contributed by atoms with Gasteiger partial charge in [0.25, 0.3) is 10.0 Å². The lowest BCUT2D eigenvalue weighted by atomic mass is 9.84. The predicted octanol–water partition coefficient (Wildman–Crippen LogP) is 4.21. The van der Waals surface area contributed by atoms with Crippen LogP contribution in [0.25, 0.3) is 0 Å². The number of carbonyl (C=O) groups excluding carboxylic acids is 1. The third-order valence-corrected chi connectivity index (χ3v) is 6.60. The van der Waals surface area contributed by atoms with Crippen LogP contribution in [0.5, 0.6) is 0 Å². The van der Waals surface area contributed by atoms with E-state index in [2.05, 4.69) is 4.72 Å². The number of rotatable bonds is 4. The van der Waals surface area contributed by atoms with Gasteiger partial charge in [0.05, 0.1) is 10.5 Å². The number of carbonyl (C=O) groups is 1. The van der Waals surface area contributed by atoms with Crippen LogP contribution >= 0.6 is 0 Å². The number of esters is 1. The Labute approximate surface area is 153 Å². The van der Waals surface area contributed by atoms with Gasteiger partial charge in [0.2, 0.25) is 0 Å². The van der Waals surface area contributed by atoms with Crippen LogP contribution < -0.4 is 4.72 Å². The highest BCUT2D eigenvalue weighted by molar-refractivity contribution is 7.92. The third kappa shape index (κ3) is 3.33. The van der Waals surface area contributed by atoms with E-state index in [9.17, 15) is 13.2 Å². The highest BCUT2D eigenvalue weighted by Gasteiger charge is 2.23. The number of anilines is 1. The quantitative estimate of drug-likeness (QED) is 0.818. The van der Waals surface area contributed by atoms with E-state index < -0.39 is 10.0 Å². The molecule has 1 aliphatic carbocycles. The molecule has 5 nitrogen and oxygen atoms in total. The minimum Gasteiger partial charge on any atom is -0.457 e. The number of fused-ring (bicyclic) bond motifs is 1. The van der Waals surface area contributed by atoms with Gasteiger partial charge in [0, 0.05) is 11.3 Å². The lowest BCUT2D eigenvalue weighted by molar-refractivity contribution is 0.0535. The minimum atomic E-state index is -3.67. The molecule has 1 N–H and O–H groups in total. The summed E-state index contributed by atoms with van der Waals surface area (Å²) in [5.74, 6) is 0.176. The van der Waals surface area contributed by atoms with E-state index in [1.165, 1.54) is 37.7 Å². The van der Waals surface area contributed by atoms with E-state index >= 15 is 0 Å². The van der Waals surface area contributed by atoms with E-state index in [-0.39, 0.29) is 17.5 Å². The normalized spacial score (nSPS) is 17.6. The molecule has 2 aromatic rings. The molecule has 0 unspecified atom stereocenters. The van der Waals surface area contributed by atoms with Crippen LogP contribution in [0.2, 0.25) is 0 Å². The number of hydrogen-bond donors (Lipinski definition) is 1. The Hall–Kier alpha value is -2.34. The molecule has 0 radical (unpaired) electrons. The molecule has 26 heavy (non-hydrogen) atoms. The summed E-state index contributed by atoms with van der Waals surface area (Å²) >= 11 is 0. The smallest absolute Gasteiger partial charge is 0.338 e. The first-order valence-electron chi connectivity index (χ1n) is 8.96. The molecule has 0 spiro atoms. The SMILES string of the molecule is O=C1OCc2cc(NS(=O)(=O)c3ccc(C4CCCCC4)cc3)ccc21. The highest BCUT2D eigenvalue weighted by atomic mass is 32.2. The highest BCUT2D eigenvalue weighted by Crippen LogP contribution is 2.33. The average molecular weight is 371 g/mol. The van der Waals surface area contributed by atoms with E-state index in [1.54, 1.807) is 30.3 Å². The van der Waals surface area contributed by atoms with Crippen molar-refractivity contribution in [2.75, 3.05) is 4.72 Å². The number of sulfonamides is 1. The Morgan fingerprint density at radius 3 is 2.42 bits per heavy atom. The van der Waals surface area contributed by atoms with Crippen LogP contribution in [0.15, 0.2) is 47.4 Å². The van der Waals surface area contributed by atoms with Crippen LogP contribution in [-0.2, 0) is 21.4 Å². The van der Waals surface area contributed by atoms with Gasteiger partial charge in [0.1, 0.15) is 6.61 Å². The van der Waals surface area contributed by atoms with Gasteiger partial charge >= 0.3 is 5.97 Å². The van der Waals surface area contributed by atoms with Crippen molar-refractivity contribution in [1.82, 2.24) is 0 Å². The van der Waals surface area contributed by atoms with Gasteiger partial charge < -0.3 is 4.74 Å². The van der Waals surface area contributed by atoms with Crippen LogP contribution in [0.4, 0.5) is 5.69 Å². The maximum Gasteiger partial charge on any atom is 0.338 e. The molecule has 2 aromatic carbocycles. The van der Waals surface area contributed by atoms with E-state index in [1.807, 2.05) is 12.1 Å². The summed E-state index contributed by atoms with van der Waals surface area (Å²) < 4.78 is 32.8. The van der Waals surface area contributed by atoms with Crippen LogP contribution in [0, 0.1) is 0 Å². The Balaban J connectivity index is 1.52. The standard InChI is InChI=1S/C20H21NO4S/c22-20-19-11-8-17(12-16(19)13-25-20)21-26(23,24)18-9-6-15(7-10-18)14-4-2-1-3-5-14/h6-12,14,21H,1-5,13H2. The van der Waals surface area contributed by atoms with Crippen LogP contribution in [-0.4, -0.2) is 14.4 Å². The molecule has 0 atom stereocenters. The maximum atomic E-state index is 12.6. The van der Waals surface area contributed by atoms with Gasteiger partial charge in [-0.15, -0.1) is 0 Å². The Kier molecular flexibility index (Phi) is 4.44. The Bertz CT molecular complexity index is 929. The summed E-state index contributed by atoms with van der Waals surface area (Å²) in [5, 5.41) is 0. The summed E-state index contributed by atoms with van der Waals surface area (Å²) in [6, 6.07) is 12.0. The van der Waals surface area contributed by atoms with Crippen molar-refractivity contribution in [1.29, 1.82) is 0 Å². The molecule has 1 aliphatic heterocycles. The second-order valence-electron chi connectivity index (χ2n) is 6.96. The van der Waals surface area contributed by atoms with Gasteiger partial charge in [-0.2, -0.15) is 0 Å². The van der Waals surface area contributed by atoms with Crippen molar-refractivity contribution in [2.24, 2.45) is 0 Å². The monoisotopic (exact) mass is 371 g/mol. The number of ether oxygens (including phenoxy) is 1.